The minimum atomic E-state index is -0.389. The maximum absolute atomic E-state index is 10.8. The van der Waals surface area contributed by atoms with Gasteiger partial charge in [0.05, 0.1) is 4.92 Å². The Hall–Kier alpha value is -1.06. The Bertz CT molecular complexity index is 421. The van der Waals surface area contributed by atoms with Gasteiger partial charge >= 0.3 is 0 Å². The van der Waals surface area contributed by atoms with Crippen molar-refractivity contribution in [3.8, 4) is 0 Å². The van der Waals surface area contributed by atoms with E-state index in [1.165, 1.54) is 6.08 Å². The van der Waals surface area contributed by atoms with Crippen molar-refractivity contribution < 1.29 is 4.92 Å². The van der Waals surface area contributed by atoms with E-state index in [1.807, 2.05) is 0 Å². The molecular weight excluding hydrogens is 249 g/mol. The number of allylic oxidation sites excluding steroid dienone is 1. The van der Waals surface area contributed by atoms with Gasteiger partial charge in [-0.3, -0.25) is 10.1 Å². The predicted molar refractivity (Wildman–Crippen MR) is 66.3 cm³/mol. The molecule has 0 heterocycles. The average molecular weight is 260 g/mol. The van der Waals surface area contributed by atoms with Gasteiger partial charge in [-0.25, -0.2) is 0 Å². The molecule has 0 saturated heterocycles. The Labute approximate surface area is 104 Å². The first kappa shape index (κ1) is 13.0. The second kappa shape index (κ2) is 5.32. The second-order valence-electron chi connectivity index (χ2n) is 3.68. The monoisotopic (exact) mass is 259 g/mol. The van der Waals surface area contributed by atoms with Crippen molar-refractivity contribution >= 4 is 29.3 Å². The molecule has 0 fully saturated rings. The zero-order chi connectivity index (χ0) is 12.3. The molecule has 0 aromatic heterocycles. The molecule has 0 saturated carbocycles. The molecule has 0 unspecified atom stereocenters. The summed E-state index contributed by atoms with van der Waals surface area (Å²) in [6, 6.07) is 4.86. The van der Waals surface area contributed by atoms with Crippen molar-refractivity contribution in [2.24, 2.45) is 5.92 Å². The quantitative estimate of drug-likeness (QED) is 0.601. The third kappa shape index (κ3) is 3.51. The zero-order valence-corrected chi connectivity index (χ0v) is 10.4. The summed E-state index contributed by atoms with van der Waals surface area (Å²) in [5, 5.41) is 11.7. The van der Waals surface area contributed by atoms with Gasteiger partial charge in [0.2, 0.25) is 5.70 Å². The highest BCUT2D eigenvalue weighted by Crippen LogP contribution is 2.22. The van der Waals surface area contributed by atoms with Crippen molar-refractivity contribution in [2.45, 2.75) is 13.8 Å². The largest absolute Gasteiger partial charge is 0.259 e. The van der Waals surface area contributed by atoms with Crippen LogP contribution in [0.2, 0.25) is 10.0 Å². The molecular formula is C11H11Cl2NO2. The minimum absolute atomic E-state index is 0.137. The van der Waals surface area contributed by atoms with Crippen LogP contribution in [-0.4, -0.2) is 4.92 Å². The fourth-order valence-electron chi connectivity index (χ4n) is 1.26. The summed E-state index contributed by atoms with van der Waals surface area (Å²) in [5.41, 5.74) is 0.774. The lowest BCUT2D eigenvalue weighted by atomic mass is 10.1. The molecule has 1 aromatic carbocycles. The van der Waals surface area contributed by atoms with Crippen LogP contribution >= 0.6 is 23.2 Å². The van der Waals surface area contributed by atoms with Crippen LogP contribution < -0.4 is 0 Å². The van der Waals surface area contributed by atoms with Crippen LogP contribution in [0.5, 0.6) is 0 Å². The highest BCUT2D eigenvalue weighted by atomic mass is 35.5. The van der Waals surface area contributed by atoms with E-state index in [1.54, 1.807) is 32.0 Å². The lowest BCUT2D eigenvalue weighted by Gasteiger charge is -2.02. The first-order valence-corrected chi connectivity index (χ1v) is 5.48. The number of benzene rings is 1. The third-order valence-corrected chi connectivity index (χ3v) is 2.44. The third-order valence-electron chi connectivity index (χ3n) is 2.00. The van der Waals surface area contributed by atoms with Gasteiger partial charge in [0, 0.05) is 22.0 Å². The van der Waals surface area contributed by atoms with E-state index in [0.717, 1.165) is 0 Å². The highest BCUT2D eigenvalue weighted by molar-refractivity contribution is 6.34. The van der Waals surface area contributed by atoms with Crippen molar-refractivity contribution in [3.63, 3.8) is 0 Å². The molecule has 1 aromatic rings. The fourth-order valence-corrected chi connectivity index (χ4v) is 1.80. The van der Waals surface area contributed by atoms with Gasteiger partial charge in [-0.05, 0) is 23.8 Å². The zero-order valence-electron chi connectivity index (χ0n) is 8.91. The first-order chi connectivity index (χ1) is 7.40. The summed E-state index contributed by atoms with van der Waals surface area (Å²) in [5.74, 6) is -0.159. The molecule has 0 aliphatic heterocycles. The van der Waals surface area contributed by atoms with Gasteiger partial charge in [-0.1, -0.05) is 37.0 Å². The summed E-state index contributed by atoms with van der Waals surface area (Å²) in [7, 11) is 0. The van der Waals surface area contributed by atoms with Crippen LogP contribution in [0.3, 0.4) is 0 Å². The van der Waals surface area contributed by atoms with Crippen LogP contribution in [-0.2, 0) is 0 Å². The molecule has 0 radical (unpaired) electrons. The maximum atomic E-state index is 10.8. The standard InChI is InChI=1S/C11H11Cl2NO2/c1-7(2)11(14(15)16)5-8-3-9(12)6-10(13)4-8/h3-7H,1-2H3/b11-5-. The number of nitro groups is 1. The number of halogens is 2. The van der Waals surface area contributed by atoms with Gasteiger partial charge in [0.25, 0.3) is 0 Å². The molecule has 0 atom stereocenters. The molecule has 16 heavy (non-hydrogen) atoms. The predicted octanol–water partition coefficient (Wildman–Crippen LogP) is 4.27. The van der Waals surface area contributed by atoms with Crippen molar-refractivity contribution in [2.75, 3.05) is 0 Å². The fraction of sp³-hybridized carbons (Fsp3) is 0.273. The number of hydrogen-bond acceptors (Lipinski definition) is 2. The molecule has 0 amide bonds. The van der Waals surface area contributed by atoms with E-state index in [4.69, 9.17) is 23.2 Å². The summed E-state index contributed by atoms with van der Waals surface area (Å²) < 4.78 is 0. The van der Waals surface area contributed by atoms with Crippen molar-refractivity contribution in [1.29, 1.82) is 0 Å². The van der Waals surface area contributed by atoms with E-state index in [0.29, 0.717) is 15.6 Å². The molecule has 0 aliphatic rings. The lowest BCUT2D eigenvalue weighted by molar-refractivity contribution is -0.431. The Morgan fingerprint density at radius 2 is 1.81 bits per heavy atom. The first-order valence-electron chi connectivity index (χ1n) is 4.72. The van der Waals surface area contributed by atoms with E-state index in [-0.39, 0.29) is 16.5 Å². The molecule has 1 rings (SSSR count). The average Bonchev–Trinajstić information content (AvgIpc) is 2.11. The molecule has 5 heteroatoms. The van der Waals surface area contributed by atoms with Gasteiger partial charge < -0.3 is 0 Å². The maximum Gasteiger partial charge on any atom is 0.249 e. The second-order valence-corrected chi connectivity index (χ2v) is 4.56. The minimum Gasteiger partial charge on any atom is -0.259 e. The Morgan fingerprint density at radius 3 is 2.19 bits per heavy atom. The summed E-state index contributed by atoms with van der Waals surface area (Å²) in [4.78, 5) is 10.4. The van der Waals surface area contributed by atoms with Crippen LogP contribution in [0.25, 0.3) is 6.08 Å². The summed E-state index contributed by atoms with van der Waals surface area (Å²) in [6.45, 7) is 3.53. The molecule has 3 nitrogen and oxygen atoms in total. The summed E-state index contributed by atoms with van der Waals surface area (Å²) >= 11 is 11.6. The van der Waals surface area contributed by atoms with E-state index < -0.39 is 0 Å². The molecule has 86 valence electrons. The smallest absolute Gasteiger partial charge is 0.249 e. The number of rotatable bonds is 3. The van der Waals surface area contributed by atoms with Gasteiger partial charge in [-0.15, -0.1) is 0 Å². The highest BCUT2D eigenvalue weighted by Gasteiger charge is 2.15. The van der Waals surface area contributed by atoms with Crippen LogP contribution in [0.15, 0.2) is 23.9 Å². The molecule has 0 aliphatic carbocycles. The van der Waals surface area contributed by atoms with E-state index >= 15 is 0 Å². The number of hydrogen-bond donors (Lipinski definition) is 0. The number of nitrogens with zero attached hydrogens (tertiary/aromatic N) is 1. The Kier molecular flexibility index (Phi) is 4.33. The van der Waals surface area contributed by atoms with Crippen molar-refractivity contribution in [1.82, 2.24) is 0 Å². The molecule has 0 bridgehead atoms. The molecule has 0 N–H and O–H groups in total. The van der Waals surface area contributed by atoms with Gasteiger partial charge in [0.15, 0.2) is 0 Å². The normalized spacial score (nSPS) is 11.9. The van der Waals surface area contributed by atoms with Crippen LogP contribution in [0.1, 0.15) is 19.4 Å². The molecule has 0 spiro atoms. The van der Waals surface area contributed by atoms with E-state index in [2.05, 4.69) is 0 Å². The topological polar surface area (TPSA) is 43.1 Å². The lowest BCUT2D eigenvalue weighted by Crippen LogP contribution is -2.05. The van der Waals surface area contributed by atoms with E-state index in [9.17, 15) is 10.1 Å². The Morgan fingerprint density at radius 1 is 1.31 bits per heavy atom. The van der Waals surface area contributed by atoms with Crippen LogP contribution in [0, 0.1) is 16.0 Å². The van der Waals surface area contributed by atoms with Crippen LogP contribution in [0.4, 0.5) is 0 Å². The van der Waals surface area contributed by atoms with Gasteiger partial charge in [0.1, 0.15) is 0 Å². The Balaban J connectivity index is 3.17. The summed E-state index contributed by atoms with van der Waals surface area (Å²) in [6.07, 6.45) is 1.49. The SMILES string of the molecule is CC(C)/C(=C/c1cc(Cl)cc(Cl)c1)[N+](=O)[O-]. The van der Waals surface area contributed by atoms with Crippen molar-refractivity contribution in [3.05, 3.63) is 49.6 Å². The van der Waals surface area contributed by atoms with Gasteiger partial charge in [-0.2, -0.15) is 0 Å².